The van der Waals surface area contributed by atoms with Gasteiger partial charge in [-0.15, -0.1) is 0 Å². The van der Waals surface area contributed by atoms with E-state index in [4.69, 9.17) is 4.74 Å². The van der Waals surface area contributed by atoms with Crippen LogP contribution in [0.2, 0.25) is 0 Å². The third-order valence-corrected chi connectivity index (χ3v) is 7.85. The van der Waals surface area contributed by atoms with Gasteiger partial charge in [-0.1, -0.05) is 13.0 Å². The summed E-state index contributed by atoms with van der Waals surface area (Å²) < 4.78 is 5.45. The maximum atomic E-state index is 13.8. The second-order valence-corrected chi connectivity index (χ2v) is 12.9. The van der Waals surface area contributed by atoms with Gasteiger partial charge in [-0.25, -0.2) is 14.6 Å². The first kappa shape index (κ1) is 32.3. The predicted octanol–water partition coefficient (Wildman–Crippen LogP) is 3.99. The largest absolute Gasteiger partial charge is 0.465 e. The molecule has 244 valence electrons. The minimum Gasteiger partial charge on any atom is -0.465 e. The van der Waals surface area contributed by atoms with Crippen LogP contribution in [0.3, 0.4) is 0 Å². The Labute approximate surface area is 267 Å². The van der Waals surface area contributed by atoms with Gasteiger partial charge in [-0.05, 0) is 57.4 Å². The molecule has 4 amide bonds. The van der Waals surface area contributed by atoms with E-state index in [2.05, 4.69) is 37.7 Å². The van der Waals surface area contributed by atoms with Gasteiger partial charge >= 0.3 is 12.2 Å². The molecule has 0 bridgehead atoms. The summed E-state index contributed by atoms with van der Waals surface area (Å²) in [7, 11) is 1.77. The molecule has 4 heterocycles. The van der Waals surface area contributed by atoms with Crippen molar-refractivity contribution in [1.29, 1.82) is 0 Å². The molecule has 4 N–H and O–H groups in total. The van der Waals surface area contributed by atoms with Gasteiger partial charge in [0.05, 0.1) is 35.3 Å². The molecule has 0 radical (unpaired) electrons. The Morgan fingerprint density at radius 1 is 1.02 bits per heavy atom. The number of rotatable bonds is 6. The number of nitrogens with one attached hydrogen (secondary N) is 3. The van der Waals surface area contributed by atoms with Crippen molar-refractivity contribution in [3.8, 4) is 0 Å². The SMILES string of the molecule is C[C@@H]1C[C@H](NC(=O)OC(C)(C)C)CN(c2ccncc2NC(=O)c2nc3cc(N4CCN(C)C(=O)C4)ccc3cc2NC(=O)O)C1. The molecule has 3 aromatic rings. The van der Waals surface area contributed by atoms with Crippen LogP contribution in [-0.4, -0.2) is 95.4 Å². The number of piperazine rings is 1. The van der Waals surface area contributed by atoms with Crippen molar-refractivity contribution < 1.29 is 29.0 Å². The van der Waals surface area contributed by atoms with E-state index in [-0.39, 0.29) is 35.8 Å². The highest BCUT2D eigenvalue weighted by Gasteiger charge is 2.30. The third-order valence-electron chi connectivity index (χ3n) is 7.85. The summed E-state index contributed by atoms with van der Waals surface area (Å²) in [5, 5.41) is 18.3. The molecule has 46 heavy (non-hydrogen) atoms. The van der Waals surface area contributed by atoms with Gasteiger partial charge in [0.15, 0.2) is 5.69 Å². The average molecular weight is 633 g/mol. The number of benzene rings is 1. The smallest absolute Gasteiger partial charge is 0.409 e. The molecule has 14 heteroatoms. The zero-order chi connectivity index (χ0) is 33.2. The number of aromatic nitrogens is 2. The second kappa shape index (κ2) is 13.1. The van der Waals surface area contributed by atoms with Gasteiger partial charge in [0.2, 0.25) is 5.91 Å². The van der Waals surface area contributed by atoms with E-state index < -0.39 is 23.7 Å². The summed E-state index contributed by atoms with van der Waals surface area (Å²) in [6.45, 7) is 10.1. The fourth-order valence-electron chi connectivity index (χ4n) is 5.78. The first-order valence-corrected chi connectivity index (χ1v) is 15.2. The monoisotopic (exact) mass is 632 g/mol. The Hall–Kier alpha value is -5.14. The van der Waals surface area contributed by atoms with Crippen LogP contribution in [0.5, 0.6) is 0 Å². The molecule has 5 rings (SSSR count). The van der Waals surface area contributed by atoms with Crippen LogP contribution in [0, 0.1) is 5.92 Å². The number of likely N-dealkylation sites (N-methyl/N-ethyl adjacent to an activating group) is 1. The van der Waals surface area contributed by atoms with Crippen LogP contribution in [-0.2, 0) is 9.53 Å². The lowest BCUT2D eigenvalue weighted by atomic mass is 9.95. The lowest BCUT2D eigenvalue weighted by Crippen LogP contribution is -2.51. The van der Waals surface area contributed by atoms with Crippen LogP contribution in [0.25, 0.3) is 10.9 Å². The summed E-state index contributed by atoms with van der Waals surface area (Å²) in [6, 6.07) is 8.58. The van der Waals surface area contributed by atoms with E-state index >= 15 is 0 Å². The number of carbonyl (C=O) groups is 4. The van der Waals surface area contributed by atoms with Crippen LogP contribution in [0.15, 0.2) is 42.7 Å². The van der Waals surface area contributed by atoms with E-state index in [1.807, 2.05) is 31.7 Å². The average Bonchev–Trinajstić information content (AvgIpc) is 2.96. The topological polar surface area (TPSA) is 169 Å². The van der Waals surface area contributed by atoms with Gasteiger partial charge in [0.1, 0.15) is 5.60 Å². The highest BCUT2D eigenvalue weighted by atomic mass is 16.6. The molecule has 2 saturated heterocycles. The summed E-state index contributed by atoms with van der Waals surface area (Å²) in [4.78, 5) is 64.7. The summed E-state index contributed by atoms with van der Waals surface area (Å²) in [6.07, 6.45) is 2.08. The molecular weight excluding hydrogens is 592 g/mol. The molecule has 2 atom stereocenters. The first-order valence-electron chi connectivity index (χ1n) is 15.2. The Bertz CT molecular complexity index is 1660. The molecule has 0 spiro atoms. The van der Waals surface area contributed by atoms with E-state index in [9.17, 15) is 24.3 Å². The summed E-state index contributed by atoms with van der Waals surface area (Å²) >= 11 is 0. The number of anilines is 4. The van der Waals surface area contributed by atoms with Crippen LogP contribution >= 0.6 is 0 Å². The number of hydrogen-bond acceptors (Lipinski definition) is 9. The lowest BCUT2D eigenvalue weighted by Gasteiger charge is -2.39. The number of nitrogens with zero attached hydrogens (tertiary/aromatic N) is 5. The number of fused-ring (bicyclic) bond motifs is 1. The predicted molar refractivity (Wildman–Crippen MR) is 175 cm³/mol. The van der Waals surface area contributed by atoms with Gasteiger partial charge in [0.25, 0.3) is 5.91 Å². The fourth-order valence-corrected chi connectivity index (χ4v) is 5.78. The fraction of sp³-hybridized carbons (Fsp3) is 0.438. The number of hydrogen-bond donors (Lipinski definition) is 4. The number of pyridine rings is 2. The Kier molecular flexibility index (Phi) is 9.17. The summed E-state index contributed by atoms with van der Waals surface area (Å²) in [5.74, 6) is -0.403. The standard InChI is InChI=1S/C32H40N8O6/c1-19-12-21(34-31(45)46-32(2,3)4)17-40(16-19)26-8-9-33-15-25(26)36-29(42)28-24(37-30(43)44)13-20-6-7-22(14-23(20)35-28)39-11-10-38(5)27(41)18-39/h6-9,13-15,19,21,37H,10-12,16-18H2,1-5H3,(H,34,45)(H,36,42)(H,43,44)/t19-,21+/m1/s1. The Morgan fingerprint density at radius 3 is 2.52 bits per heavy atom. The molecule has 2 aliphatic rings. The third kappa shape index (κ3) is 7.73. The number of carboxylic acid groups (broad SMARTS) is 1. The first-order chi connectivity index (χ1) is 21.8. The van der Waals surface area contributed by atoms with Crippen molar-refractivity contribution >= 4 is 57.7 Å². The molecular formula is C32H40N8O6. The normalized spacial score (nSPS) is 18.7. The van der Waals surface area contributed by atoms with Gasteiger partial charge in [0, 0.05) is 56.5 Å². The van der Waals surface area contributed by atoms with Crippen molar-refractivity contribution in [3.05, 3.63) is 48.4 Å². The molecule has 14 nitrogen and oxygen atoms in total. The molecule has 2 aliphatic heterocycles. The van der Waals surface area contributed by atoms with Crippen molar-refractivity contribution in [2.45, 2.75) is 45.8 Å². The molecule has 2 aromatic heterocycles. The van der Waals surface area contributed by atoms with Crippen molar-refractivity contribution in [3.63, 3.8) is 0 Å². The van der Waals surface area contributed by atoms with Crippen molar-refractivity contribution in [2.75, 3.05) is 60.2 Å². The van der Waals surface area contributed by atoms with E-state index in [0.29, 0.717) is 48.5 Å². The number of alkyl carbamates (subject to hydrolysis) is 1. The van der Waals surface area contributed by atoms with Crippen LogP contribution < -0.4 is 25.8 Å². The quantitative estimate of drug-likeness (QED) is 0.312. The van der Waals surface area contributed by atoms with Gasteiger partial charge in [-0.2, -0.15) is 0 Å². The van der Waals surface area contributed by atoms with E-state index in [0.717, 1.165) is 12.1 Å². The molecule has 0 unspecified atom stereocenters. The van der Waals surface area contributed by atoms with E-state index in [1.165, 1.54) is 6.20 Å². The molecule has 0 saturated carbocycles. The maximum Gasteiger partial charge on any atom is 0.409 e. The second-order valence-electron chi connectivity index (χ2n) is 12.9. The zero-order valence-corrected chi connectivity index (χ0v) is 26.7. The molecule has 0 aliphatic carbocycles. The van der Waals surface area contributed by atoms with Gasteiger partial charge in [-0.3, -0.25) is 19.9 Å². The molecule has 2 fully saturated rings. The minimum atomic E-state index is -1.34. The highest BCUT2D eigenvalue weighted by molar-refractivity contribution is 6.11. The number of piperidine rings is 1. The zero-order valence-electron chi connectivity index (χ0n) is 26.7. The van der Waals surface area contributed by atoms with E-state index in [1.54, 1.807) is 42.4 Å². The highest BCUT2D eigenvalue weighted by Crippen LogP contribution is 2.31. The molecule has 1 aromatic carbocycles. The van der Waals surface area contributed by atoms with Crippen LogP contribution in [0.1, 0.15) is 44.6 Å². The number of amides is 4. The lowest BCUT2D eigenvalue weighted by molar-refractivity contribution is -0.129. The number of ether oxygens (including phenoxy) is 1. The van der Waals surface area contributed by atoms with Crippen molar-refractivity contribution in [1.82, 2.24) is 20.2 Å². The Morgan fingerprint density at radius 2 is 1.80 bits per heavy atom. The number of carbonyl (C=O) groups excluding carboxylic acids is 3. The minimum absolute atomic E-state index is 0.00250. The van der Waals surface area contributed by atoms with Crippen LogP contribution in [0.4, 0.5) is 32.3 Å². The van der Waals surface area contributed by atoms with Gasteiger partial charge < -0.3 is 35.2 Å². The summed E-state index contributed by atoms with van der Waals surface area (Å²) in [5.41, 5.74) is 1.63. The van der Waals surface area contributed by atoms with Crippen molar-refractivity contribution in [2.24, 2.45) is 5.92 Å². The Balaban J connectivity index is 1.41. The maximum absolute atomic E-state index is 13.8.